The molecule has 0 bridgehead atoms. The summed E-state index contributed by atoms with van der Waals surface area (Å²) in [4.78, 5) is 21.9. The van der Waals surface area contributed by atoms with Crippen LogP contribution in [-0.4, -0.2) is 18.5 Å². The molecule has 5 heteroatoms. The van der Waals surface area contributed by atoms with Crippen molar-refractivity contribution in [1.29, 1.82) is 0 Å². The largest absolute Gasteiger partial charge is 0.456 e. The van der Waals surface area contributed by atoms with Gasteiger partial charge in [0.15, 0.2) is 6.61 Å². The summed E-state index contributed by atoms with van der Waals surface area (Å²) in [5.41, 5.74) is 0.897. The smallest absolute Gasteiger partial charge is 0.303 e. The molecule has 0 saturated carbocycles. The summed E-state index contributed by atoms with van der Waals surface area (Å²) in [6, 6.07) is 7.03. The van der Waals surface area contributed by atoms with Gasteiger partial charge in [-0.1, -0.05) is 23.7 Å². The van der Waals surface area contributed by atoms with E-state index in [2.05, 4.69) is 10.1 Å². The van der Waals surface area contributed by atoms with Crippen molar-refractivity contribution in [3.63, 3.8) is 0 Å². The van der Waals surface area contributed by atoms with Crippen molar-refractivity contribution in [2.45, 2.75) is 19.9 Å². The third-order valence-electron chi connectivity index (χ3n) is 2.13. The fourth-order valence-electron chi connectivity index (χ4n) is 1.31. The Morgan fingerprint density at radius 3 is 2.76 bits per heavy atom. The molecule has 0 fully saturated rings. The van der Waals surface area contributed by atoms with Crippen molar-refractivity contribution < 1.29 is 14.3 Å². The Morgan fingerprint density at radius 1 is 1.47 bits per heavy atom. The Balaban J connectivity index is 2.51. The first-order valence-corrected chi connectivity index (χ1v) is 5.55. The number of hydrogen-bond donors (Lipinski definition) is 1. The summed E-state index contributed by atoms with van der Waals surface area (Å²) >= 11 is 5.85. The maximum Gasteiger partial charge on any atom is 0.303 e. The number of amides is 1. The number of ether oxygens (including phenoxy) is 1. The molecule has 0 unspecified atom stereocenters. The minimum absolute atomic E-state index is 0.184. The summed E-state index contributed by atoms with van der Waals surface area (Å²) in [7, 11) is 0. The second-order valence-electron chi connectivity index (χ2n) is 3.62. The minimum Gasteiger partial charge on any atom is -0.456 e. The second-order valence-corrected chi connectivity index (χ2v) is 4.06. The van der Waals surface area contributed by atoms with E-state index in [-0.39, 0.29) is 18.6 Å². The van der Waals surface area contributed by atoms with Gasteiger partial charge in [0.2, 0.25) is 0 Å². The molecule has 0 aromatic heterocycles. The first-order chi connectivity index (χ1) is 7.99. The maximum atomic E-state index is 11.4. The summed E-state index contributed by atoms with van der Waals surface area (Å²) in [6.07, 6.45) is 0. The summed E-state index contributed by atoms with van der Waals surface area (Å²) in [5.74, 6) is -0.816. The molecule has 1 rings (SSSR count). The molecule has 4 nitrogen and oxygen atoms in total. The van der Waals surface area contributed by atoms with Gasteiger partial charge in [-0.3, -0.25) is 9.59 Å². The lowest BCUT2D eigenvalue weighted by Crippen LogP contribution is -2.30. The van der Waals surface area contributed by atoms with Gasteiger partial charge < -0.3 is 10.1 Å². The topological polar surface area (TPSA) is 55.4 Å². The molecule has 0 spiro atoms. The summed E-state index contributed by atoms with van der Waals surface area (Å²) in [6.45, 7) is 2.82. The molecule has 92 valence electrons. The van der Waals surface area contributed by atoms with Crippen molar-refractivity contribution in [3.8, 4) is 0 Å². The number of nitrogens with one attached hydrogen (secondary N) is 1. The predicted octanol–water partition coefficient (Wildman–Crippen LogP) is 2.08. The molecule has 0 aliphatic heterocycles. The zero-order valence-corrected chi connectivity index (χ0v) is 10.5. The standard InChI is InChI=1S/C12H14ClNO3/c1-8(10-4-3-5-11(13)6-10)14-12(16)7-17-9(2)15/h3-6,8H,7H2,1-2H3,(H,14,16)/t8-/m0/s1. The van der Waals surface area contributed by atoms with E-state index < -0.39 is 5.97 Å². The second kappa shape index (κ2) is 6.25. The van der Waals surface area contributed by atoms with Crippen LogP contribution in [0.4, 0.5) is 0 Å². The van der Waals surface area contributed by atoms with Crippen LogP contribution in [0.2, 0.25) is 5.02 Å². The van der Waals surface area contributed by atoms with Gasteiger partial charge in [-0.05, 0) is 24.6 Å². The molecular formula is C12H14ClNO3. The van der Waals surface area contributed by atoms with Gasteiger partial charge in [-0.15, -0.1) is 0 Å². The Bertz CT molecular complexity index is 420. The van der Waals surface area contributed by atoms with E-state index in [1.165, 1.54) is 6.92 Å². The van der Waals surface area contributed by atoms with Crippen LogP contribution in [0.3, 0.4) is 0 Å². The molecule has 1 aromatic carbocycles. The molecule has 0 aliphatic carbocycles. The Hall–Kier alpha value is -1.55. The monoisotopic (exact) mass is 255 g/mol. The highest BCUT2D eigenvalue weighted by Crippen LogP contribution is 2.17. The highest BCUT2D eigenvalue weighted by Gasteiger charge is 2.10. The number of esters is 1. The molecule has 0 radical (unpaired) electrons. The lowest BCUT2D eigenvalue weighted by atomic mass is 10.1. The maximum absolute atomic E-state index is 11.4. The Kier molecular flexibility index (Phi) is 4.97. The SMILES string of the molecule is CC(=O)OCC(=O)N[C@@H](C)c1cccc(Cl)c1. The number of rotatable bonds is 4. The van der Waals surface area contributed by atoms with Gasteiger partial charge in [0.05, 0.1) is 6.04 Å². The van der Waals surface area contributed by atoms with E-state index >= 15 is 0 Å². The van der Waals surface area contributed by atoms with Crippen LogP contribution >= 0.6 is 11.6 Å². The van der Waals surface area contributed by atoms with E-state index in [1.807, 2.05) is 19.1 Å². The first kappa shape index (κ1) is 13.5. The average molecular weight is 256 g/mol. The predicted molar refractivity (Wildman–Crippen MR) is 64.6 cm³/mol. The molecular weight excluding hydrogens is 242 g/mol. The third-order valence-corrected chi connectivity index (χ3v) is 2.37. The van der Waals surface area contributed by atoms with E-state index in [9.17, 15) is 9.59 Å². The third kappa shape index (κ3) is 4.87. The van der Waals surface area contributed by atoms with Gasteiger partial charge >= 0.3 is 5.97 Å². The molecule has 1 aromatic rings. The fraction of sp³-hybridized carbons (Fsp3) is 0.333. The van der Waals surface area contributed by atoms with Crippen LogP contribution in [0.1, 0.15) is 25.5 Å². The number of hydrogen-bond acceptors (Lipinski definition) is 3. The normalized spacial score (nSPS) is 11.7. The Labute approximate surface area is 105 Å². The molecule has 17 heavy (non-hydrogen) atoms. The van der Waals surface area contributed by atoms with Crippen LogP contribution in [0.25, 0.3) is 0 Å². The summed E-state index contributed by atoms with van der Waals surface area (Å²) in [5, 5.41) is 3.32. The van der Waals surface area contributed by atoms with E-state index in [0.29, 0.717) is 5.02 Å². The van der Waals surface area contributed by atoms with Crippen molar-refractivity contribution >= 4 is 23.5 Å². The number of carbonyl (C=O) groups excluding carboxylic acids is 2. The summed E-state index contributed by atoms with van der Waals surface area (Å²) < 4.78 is 4.59. The van der Waals surface area contributed by atoms with Crippen molar-refractivity contribution in [2.75, 3.05) is 6.61 Å². The van der Waals surface area contributed by atoms with Crippen LogP contribution in [0.15, 0.2) is 24.3 Å². The van der Waals surface area contributed by atoms with E-state index in [1.54, 1.807) is 12.1 Å². The van der Waals surface area contributed by atoms with Crippen LogP contribution in [0, 0.1) is 0 Å². The zero-order chi connectivity index (χ0) is 12.8. The van der Waals surface area contributed by atoms with Gasteiger partial charge in [0, 0.05) is 11.9 Å². The lowest BCUT2D eigenvalue weighted by molar-refractivity contribution is -0.146. The number of carbonyl (C=O) groups is 2. The quantitative estimate of drug-likeness (QED) is 0.838. The Morgan fingerprint density at radius 2 is 2.18 bits per heavy atom. The van der Waals surface area contributed by atoms with Gasteiger partial charge in [-0.2, -0.15) is 0 Å². The lowest BCUT2D eigenvalue weighted by Gasteiger charge is -2.14. The zero-order valence-electron chi connectivity index (χ0n) is 9.70. The van der Waals surface area contributed by atoms with Gasteiger partial charge in [0.25, 0.3) is 5.91 Å². The molecule has 0 aliphatic rings. The average Bonchev–Trinajstić information content (AvgIpc) is 2.26. The molecule has 0 heterocycles. The van der Waals surface area contributed by atoms with Crippen LogP contribution in [-0.2, 0) is 14.3 Å². The highest BCUT2D eigenvalue weighted by atomic mass is 35.5. The van der Waals surface area contributed by atoms with Crippen molar-refractivity contribution in [3.05, 3.63) is 34.9 Å². The van der Waals surface area contributed by atoms with E-state index in [0.717, 1.165) is 5.56 Å². The highest BCUT2D eigenvalue weighted by molar-refractivity contribution is 6.30. The molecule has 1 N–H and O–H groups in total. The van der Waals surface area contributed by atoms with Crippen molar-refractivity contribution in [1.82, 2.24) is 5.32 Å². The molecule has 0 saturated heterocycles. The van der Waals surface area contributed by atoms with Crippen LogP contribution < -0.4 is 5.32 Å². The van der Waals surface area contributed by atoms with Gasteiger partial charge in [0.1, 0.15) is 0 Å². The van der Waals surface area contributed by atoms with Crippen LogP contribution in [0.5, 0.6) is 0 Å². The molecule has 1 amide bonds. The number of halogens is 1. The van der Waals surface area contributed by atoms with E-state index in [4.69, 9.17) is 11.6 Å². The first-order valence-electron chi connectivity index (χ1n) is 5.17. The number of benzene rings is 1. The van der Waals surface area contributed by atoms with Gasteiger partial charge in [-0.25, -0.2) is 0 Å². The minimum atomic E-state index is -0.476. The van der Waals surface area contributed by atoms with Crippen molar-refractivity contribution in [2.24, 2.45) is 0 Å². The fourth-order valence-corrected chi connectivity index (χ4v) is 1.51. The molecule has 1 atom stereocenters.